The first-order valence-electron chi connectivity index (χ1n) is 10.4. The maximum Gasteiger partial charge on any atom is 0.243 e. The van der Waals surface area contributed by atoms with Crippen LogP contribution in [0.3, 0.4) is 0 Å². The number of fused-ring (bicyclic) bond motifs is 2. The summed E-state index contributed by atoms with van der Waals surface area (Å²) in [6.07, 6.45) is 5.91. The van der Waals surface area contributed by atoms with Crippen molar-refractivity contribution in [3.63, 3.8) is 0 Å². The zero-order valence-electron chi connectivity index (χ0n) is 16.8. The Kier molecular flexibility index (Phi) is 7.80. The summed E-state index contributed by atoms with van der Waals surface area (Å²) in [5, 5.41) is 6.80. The Labute approximate surface area is 190 Å². The highest BCUT2D eigenvalue weighted by Crippen LogP contribution is 2.34. The van der Waals surface area contributed by atoms with Crippen LogP contribution in [-0.2, 0) is 21.3 Å². The number of guanidine groups is 1. The zero-order valence-corrected chi connectivity index (χ0v) is 20.0. The maximum atomic E-state index is 12.6. The molecule has 0 spiro atoms. The molecule has 1 aromatic rings. The van der Waals surface area contributed by atoms with Gasteiger partial charge in [-0.25, -0.2) is 13.4 Å². The molecule has 3 heterocycles. The van der Waals surface area contributed by atoms with Gasteiger partial charge >= 0.3 is 0 Å². The fourth-order valence-electron chi connectivity index (χ4n) is 4.30. The summed E-state index contributed by atoms with van der Waals surface area (Å²) in [5.41, 5.74) is 0.988. The van der Waals surface area contributed by atoms with Crippen molar-refractivity contribution in [1.82, 2.24) is 14.9 Å². The number of ether oxygens (including phenoxy) is 1. The van der Waals surface area contributed by atoms with Gasteiger partial charge in [0.2, 0.25) is 10.0 Å². The van der Waals surface area contributed by atoms with E-state index in [0.29, 0.717) is 42.8 Å². The lowest BCUT2D eigenvalue weighted by atomic mass is 9.96. The van der Waals surface area contributed by atoms with Crippen molar-refractivity contribution >= 4 is 40.0 Å². The van der Waals surface area contributed by atoms with E-state index >= 15 is 0 Å². The molecule has 0 saturated carbocycles. The van der Waals surface area contributed by atoms with Gasteiger partial charge in [-0.2, -0.15) is 4.31 Å². The number of sulfonamides is 1. The predicted molar refractivity (Wildman–Crippen MR) is 124 cm³/mol. The fraction of sp³-hybridized carbons (Fsp3) is 0.650. The summed E-state index contributed by atoms with van der Waals surface area (Å²) < 4.78 is 32.7. The Hall–Kier alpha value is -0.910. The Bertz CT molecular complexity index is 810. The molecule has 2 bridgehead atoms. The van der Waals surface area contributed by atoms with Gasteiger partial charge < -0.3 is 15.4 Å². The minimum absolute atomic E-state index is 0. The number of aliphatic imine (C=N–C) groups is 1. The third-order valence-corrected chi connectivity index (χ3v) is 7.73. The Balaban J connectivity index is 0.00000240. The highest BCUT2D eigenvalue weighted by Gasteiger charge is 2.41. The van der Waals surface area contributed by atoms with E-state index in [0.717, 1.165) is 43.8 Å². The van der Waals surface area contributed by atoms with Gasteiger partial charge in [0.25, 0.3) is 0 Å². The second-order valence-electron chi connectivity index (χ2n) is 7.81. The first-order chi connectivity index (χ1) is 13.6. The molecule has 3 aliphatic rings. The molecule has 3 unspecified atom stereocenters. The van der Waals surface area contributed by atoms with Crippen molar-refractivity contribution in [3.8, 4) is 0 Å². The van der Waals surface area contributed by atoms with Gasteiger partial charge in [0.15, 0.2) is 5.96 Å². The molecule has 162 valence electrons. The van der Waals surface area contributed by atoms with Gasteiger partial charge in [-0.05, 0) is 56.7 Å². The number of benzene rings is 1. The highest BCUT2D eigenvalue weighted by atomic mass is 127. The molecule has 0 amide bonds. The van der Waals surface area contributed by atoms with Gasteiger partial charge in [0.1, 0.15) is 0 Å². The lowest BCUT2D eigenvalue weighted by Gasteiger charge is -2.22. The van der Waals surface area contributed by atoms with Crippen LogP contribution >= 0.6 is 24.0 Å². The van der Waals surface area contributed by atoms with Crippen LogP contribution in [0.1, 0.15) is 44.6 Å². The molecule has 3 aliphatic heterocycles. The average Bonchev–Trinajstić information content (AvgIpc) is 3.45. The van der Waals surface area contributed by atoms with E-state index in [1.165, 1.54) is 6.42 Å². The summed E-state index contributed by atoms with van der Waals surface area (Å²) in [7, 11) is -3.36. The molecule has 3 fully saturated rings. The molecule has 0 aliphatic carbocycles. The number of hydrogen-bond donors (Lipinski definition) is 2. The Morgan fingerprint density at radius 2 is 1.93 bits per heavy atom. The topological polar surface area (TPSA) is 83.0 Å². The van der Waals surface area contributed by atoms with Crippen molar-refractivity contribution in [2.24, 2.45) is 4.99 Å². The third-order valence-electron chi connectivity index (χ3n) is 5.82. The number of nitrogens with zero attached hydrogens (tertiary/aromatic N) is 2. The van der Waals surface area contributed by atoms with Gasteiger partial charge in [0, 0.05) is 19.6 Å². The first-order valence-corrected chi connectivity index (χ1v) is 11.8. The van der Waals surface area contributed by atoms with Crippen molar-refractivity contribution < 1.29 is 13.2 Å². The third kappa shape index (κ3) is 5.23. The Morgan fingerprint density at radius 1 is 1.21 bits per heavy atom. The average molecular weight is 534 g/mol. The summed E-state index contributed by atoms with van der Waals surface area (Å²) in [5.74, 6) is 0.789. The fourth-order valence-corrected chi connectivity index (χ4v) is 5.82. The summed E-state index contributed by atoms with van der Waals surface area (Å²) in [6.45, 7) is 4.59. The smallest absolute Gasteiger partial charge is 0.243 e. The molecular formula is C20H31IN4O3S. The molecule has 29 heavy (non-hydrogen) atoms. The van der Waals surface area contributed by atoms with Gasteiger partial charge in [-0.1, -0.05) is 12.1 Å². The van der Waals surface area contributed by atoms with Crippen LogP contribution in [0, 0.1) is 0 Å². The predicted octanol–water partition coefficient (Wildman–Crippen LogP) is 2.46. The minimum Gasteiger partial charge on any atom is -0.373 e. The second-order valence-corrected chi connectivity index (χ2v) is 9.75. The Morgan fingerprint density at radius 3 is 2.52 bits per heavy atom. The van der Waals surface area contributed by atoms with E-state index in [1.807, 2.05) is 19.1 Å². The van der Waals surface area contributed by atoms with Crippen LogP contribution in [0.15, 0.2) is 34.2 Å². The van der Waals surface area contributed by atoms with Crippen molar-refractivity contribution in [3.05, 3.63) is 29.8 Å². The molecule has 3 saturated heterocycles. The zero-order chi connectivity index (χ0) is 19.6. The first kappa shape index (κ1) is 22.8. The molecular weight excluding hydrogens is 503 g/mol. The van der Waals surface area contributed by atoms with E-state index in [1.54, 1.807) is 16.4 Å². The standard InChI is InChI=1S/C20H30N4O3S.HI/c1-2-21-20(23-18-13-16-7-10-19(18)27-16)22-14-15-5-8-17(9-6-15)28(25,26)24-11-3-4-12-24;/h5-6,8-9,16,18-19H,2-4,7,10-14H2,1H3,(H2,21,22,23);1H. The van der Waals surface area contributed by atoms with E-state index in [2.05, 4.69) is 15.6 Å². The molecule has 4 rings (SSSR count). The number of nitrogens with one attached hydrogen (secondary N) is 2. The molecule has 3 atom stereocenters. The van der Waals surface area contributed by atoms with Crippen LogP contribution in [-0.4, -0.2) is 56.6 Å². The molecule has 7 nitrogen and oxygen atoms in total. The minimum atomic E-state index is -3.36. The van der Waals surface area contributed by atoms with Crippen LogP contribution in [0.4, 0.5) is 0 Å². The van der Waals surface area contributed by atoms with E-state index in [-0.39, 0.29) is 24.0 Å². The number of halogens is 1. The van der Waals surface area contributed by atoms with Crippen LogP contribution < -0.4 is 10.6 Å². The summed E-state index contributed by atoms with van der Waals surface area (Å²) in [4.78, 5) is 5.05. The number of hydrogen-bond acceptors (Lipinski definition) is 4. The summed E-state index contributed by atoms with van der Waals surface area (Å²) >= 11 is 0. The van der Waals surface area contributed by atoms with Crippen molar-refractivity contribution in [1.29, 1.82) is 0 Å². The maximum absolute atomic E-state index is 12.6. The molecule has 1 aromatic carbocycles. The van der Waals surface area contributed by atoms with Gasteiger partial charge in [-0.3, -0.25) is 0 Å². The van der Waals surface area contributed by atoms with Crippen LogP contribution in [0.5, 0.6) is 0 Å². The van der Waals surface area contributed by atoms with E-state index < -0.39 is 10.0 Å². The van der Waals surface area contributed by atoms with Crippen molar-refractivity contribution in [2.45, 2.75) is 68.7 Å². The summed E-state index contributed by atoms with van der Waals surface area (Å²) in [6, 6.07) is 7.43. The van der Waals surface area contributed by atoms with E-state index in [4.69, 9.17) is 4.74 Å². The normalized spacial score (nSPS) is 27.1. The quantitative estimate of drug-likeness (QED) is 0.333. The monoisotopic (exact) mass is 534 g/mol. The molecule has 2 N–H and O–H groups in total. The van der Waals surface area contributed by atoms with Gasteiger partial charge in [0.05, 0.1) is 29.7 Å². The lowest BCUT2D eigenvalue weighted by Crippen LogP contribution is -2.47. The number of rotatable bonds is 6. The molecule has 9 heteroatoms. The van der Waals surface area contributed by atoms with Crippen LogP contribution in [0.25, 0.3) is 0 Å². The SMILES string of the molecule is CCNC(=NCc1ccc(S(=O)(=O)N2CCCC2)cc1)NC1CC2CCC1O2.I. The molecule has 0 aromatic heterocycles. The second kappa shape index (κ2) is 9.93. The lowest BCUT2D eigenvalue weighted by molar-refractivity contribution is 0.0992. The largest absolute Gasteiger partial charge is 0.373 e. The van der Waals surface area contributed by atoms with E-state index in [9.17, 15) is 8.42 Å². The van der Waals surface area contributed by atoms with Gasteiger partial charge in [-0.15, -0.1) is 24.0 Å². The highest BCUT2D eigenvalue weighted by molar-refractivity contribution is 14.0. The molecule has 0 radical (unpaired) electrons. The van der Waals surface area contributed by atoms with Crippen molar-refractivity contribution in [2.75, 3.05) is 19.6 Å². The van der Waals surface area contributed by atoms with Crippen LogP contribution in [0.2, 0.25) is 0 Å².